The van der Waals surface area contributed by atoms with Crippen molar-refractivity contribution in [3.63, 3.8) is 0 Å². The number of rotatable bonds is 6. The molecular formula is C9H16N4O2S2. The molecule has 0 aromatic carbocycles. The quantitative estimate of drug-likeness (QED) is 0.471. The maximum atomic E-state index is 11.4. The molecular weight excluding hydrogens is 260 g/mol. The molecule has 0 unspecified atom stereocenters. The van der Waals surface area contributed by atoms with E-state index < -0.39 is 0 Å². The fourth-order valence-corrected chi connectivity index (χ4v) is 2.89. The first-order valence-corrected chi connectivity index (χ1v) is 6.85. The first-order valence-electron chi connectivity index (χ1n) is 5.15. The molecule has 0 saturated carbocycles. The molecule has 1 aromatic heterocycles. The van der Waals surface area contributed by atoms with E-state index in [0.717, 1.165) is 4.34 Å². The van der Waals surface area contributed by atoms with Gasteiger partial charge in [-0.1, -0.05) is 36.9 Å². The van der Waals surface area contributed by atoms with Crippen LogP contribution in [0.4, 0.5) is 9.93 Å². The normalized spacial score (nSPS) is 10.6. The van der Waals surface area contributed by atoms with E-state index in [0.29, 0.717) is 23.5 Å². The zero-order valence-electron chi connectivity index (χ0n) is 10.0. The lowest BCUT2D eigenvalue weighted by Gasteiger charge is -2.03. The summed E-state index contributed by atoms with van der Waals surface area (Å²) in [6, 6.07) is -0.292. The van der Waals surface area contributed by atoms with Gasteiger partial charge in [0.15, 0.2) is 4.34 Å². The highest BCUT2D eigenvalue weighted by atomic mass is 32.2. The topological polar surface area (TPSA) is 76.1 Å². The van der Waals surface area contributed by atoms with E-state index in [4.69, 9.17) is 4.74 Å². The Kier molecular flexibility index (Phi) is 6.23. The van der Waals surface area contributed by atoms with Crippen LogP contribution in [-0.4, -0.2) is 41.7 Å². The standard InChI is InChI=1S/C9H16N4O2S2/c1-6(2)16-9-13-12-8(17-9)11-7(14)10-4-5-15-3/h6H,4-5H2,1-3H3,(H2,10,11,12,14). The summed E-state index contributed by atoms with van der Waals surface area (Å²) in [5, 5.41) is 14.1. The van der Waals surface area contributed by atoms with E-state index in [1.54, 1.807) is 18.9 Å². The molecule has 1 rings (SSSR count). The molecule has 1 heterocycles. The third kappa shape index (κ3) is 5.85. The SMILES string of the molecule is COCCNC(=O)Nc1nnc(SC(C)C)s1. The summed E-state index contributed by atoms with van der Waals surface area (Å²) in [4.78, 5) is 11.4. The Morgan fingerprint density at radius 2 is 2.29 bits per heavy atom. The first kappa shape index (κ1) is 14.2. The number of thioether (sulfide) groups is 1. The summed E-state index contributed by atoms with van der Waals surface area (Å²) < 4.78 is 5.67. The van der Waals surface area contributed by atoms with Gasteiger partial charge in [-0.25, -0.2) is 4.79 Å². The van der Waals surface area contributed by atoms with Crippen LogP contribution >= 0.6 is 23.1 Å². The second-order valence-corrected chi connectivity index (χ2v) is 6.21. The van der Waals surface area contributed by atoms with E-state index in [1.165, 1.54) is 11.3 Å². The van der Waals surface area contributed by atoms with E-state index in [1.807, 2.05) is 0 Å². The van der Waals surface area contributed by atoms with Crippen molar-refractivity contribution >= 4 is 34.3 Å². The molecule has 0 aliphatic rings. The Bertz CT molecular complexity index is 357. The molecule has 0 aliphatic carbocycles. The second-order valence-electron chi connectivity index (χ2n) is 3.41. The largest absolute Gasteiger partial charge is 0.383 e. The Hall–Kier alpha value is -0.860. The van der Waals surface area contributed by atoms with Crippen molar-refractivity contribution < 1.29 is 9.53 Å². The van der Waals surface area contributed by atoms with E-state index in [9.17, 15) is 4.79 Å². The van der Waals surface area contributed by atoms with Crippen molar-refractivity contribution in [1.82, 2.24) is 15.5 Å². The number of hydrogen-bond acceptors (Lipinski definition) is 6. The number of amides is 2. The second kappa shape index (κ2) is 7.46. The Morgan fingerprint density at radius 1 is 1.53 bits per heavy atom. The molecule has 1 aromatic rings. The van der Waals surface area contributed by atoms with Crippen molar-refractivity contribution in [2.24, 2.45) is 0 Å². The number of ether oxygens (including phenoxy) is 1. The minimum absolute atomic E-state index is 0.292. The lowest BCUT2D eigenvalue weighted by Crippen LogP contribution is -2.31. The minimum Gasteiger partial charge on any atom is -0.383 e. The maximum Gasteiger partial charge on any atom is 0.321 e. The van der Waals surface area contributed by atoms with Gasteiger partial charge in [0.2, 0.25) is 5.13 Å². The van der Waals surface area contributed by atoms with Crippen LogP contribution in [0.25, 0.3) is 0 Å². The van der Waals surface area contributed by atoms with E-state index >= 15 is 0 Å². The van der Waals surface area contributed by atoms with E-state index in [2.05, 4.69) is 34.7 Å². The van der Waals surface area contributed by atoms with Gasteiger partial charge in [0.05, 0.1) is 6.61 Å². The molecule has 0 aliphatic heterocycles. The fourth-order valence-electron chi connectivity index (χ4n) is 0.917. The molecule has 96 valence electrons. The maximum absolute atomic E-state index is 11.4. The monoisotopic (exact) mass is 276 g/mol. The number of nitrogens with one attached hydrogen (secondary N) is 2. The highest BCUT2D eigenvalue weighted by Gasteiger charge is 2.09. The third-order valence-corrected chi connectivity index (χ3v) is 3.48. The van der Waals surface area contributed by atoms with Crippen LogP contribution < -0.4 is 10.6 Å². The number of hydrogen-bond donors (Lipinski definition) is 2. The molecule has 2 N–H and O–H groups in total. The Balaban J connectivity index is 2.35. The summed E-state index contributed by atoms with van der Waals surface area (Å²) in [6.07, 6.45) is 0. The third-order valence-electron chi connectivity index (χ3n) is 1.56. The lowest BCUT2D eigenvalue weighted by molar-refractivity contribution is 0.198. The summed E-state index contributed by atoms with van der Waals surface area (Å²) in [5.41, 5.74) is 0. The summed E-state index contributed by atoms with van der Waals surface area (Å²) >= 11 is 2.99. The molecule has 0 fully saturated rings. The number of urea groups is 1. The highest BCUT2D eigenvalue weighted by molar-refractivity contribution is 8.01. The van der Waals surface area contributed by atoms with Crippen LogP contribution in [0, 0.1) is 0 Å². The molecule has 0 radical (unpaired) electrons. The summed E-state index contributed by atoms with van der Waals surface area (Å²) in [7, 11) is 1.58. The zero-order chi connectivity index (χ0) is 12.7. The van der Waals surface area contributed by atoms with Gasteiger partial charge in [-0.2, -0.15) is 0 Å². The minimum atomic E-state index is -0.292. The molecule has 0 saturated heterocycles. The van der Waals surface area contributed by atoms with Crippen LogP contribution in [0.5, 0.6) is 0 Å². The molecule has 0 bridgehead atoms. The zero-order valence-corrected chi connectivity index (χ0v) is 11.7. The fraction of sp³-hybridized carbons (Fsp3) is 0.667. The molecule has 0 spiro atoms. The average Bonchev–Trinajstić information content (AvgIpc) is 2.64. The van der Waals surface area contributed by atoms with Crippen molar-refractivity contribution in [2.75, 3.05) is 25.6 Å². The van der Waals surface area contributed by atoms with Crippen LogP contribution in [-0.2, 0) is 4.74 Å². The van der Waals surface area contributed by atoms with Crippen molar-refractivity contribution in [3.8, 4) is 0 Å². The predicted molar refractivity (Wildman–Crippen MR) is 69.8 cm³/mol. The number of carbonyl (C=O) groups is 1. The lowest BCUT2D eigenvalue weighted by atomic mass is 10.6. The molecule has 0 atom stereocenters. The van der Waals surface area contributed by atoms with Crippen molar-refractivity contribution in [2.45, 2.75) is 23.4 Å². The van der Waals surface area contributed by atoms with Gasteiger partial charge in [0, 0.05) is 18.9 Å². The van der Waals surface area contributed by atoms with Crippen molar-refractivity contribution in [1.29, 1.82) is 0 Å². The summed E-state index contributed by atoms with van der Waals surface area (Å²) in [6.45, 7) is 5.11. The Morgan fingerprint density at radius 3 is 2.94 bits per heavy atom. The molecule has 8 heteroatoms. The van der Waals surface area contributed by atoms with Crippen LogP contribution in [0.2, 0.25) is 0 Å². The number of carbonyl (C=O) groups excluding carboxylic acids is 1. The molecule has 6 nitrogen and oxygen atoms in total. The average molecular weight is 276 g/mol. The Labute approximate surface area is 109 Å². The number of aromatic nitrogens is 2. The molecule has 2 amide bonds. The van der Waals surface area contributed by atoms with Gasteiger partial charge >= 0.3 is 6.03 Å². The van der Waals surface area contributed by atoms with Gasteiger partial charge in [-0.15, -0.1) is 10.2 Å². The van der Waals surface area contributed by atoms with Gasteiger partial charge in [-0.05, 0) is 0 Å². The predicted octanol–water partition coefficient (Wildman–Crippen LogP) is 1.81. The van der Waals surface area contributed by atoms with Crippen molar-refractivity contribution in [3.05, 3.63) is 0 Å². The number of methoxy groups -OCH3 is 1. The first-order chi connectivity index (χ1) is 8.11. The van der Waals surface area contributed by atoms with Gasteiger partial charge in [0.1, 0.15) is 0 Å². The number of nitrogens with zero attached hydrogens (tertiary/aromatic N) is 2. The van der Waals surface area contributed by atoms with Gasteiger partial charge in [0.25, 0.3) is 0 Å². The number of anilines is 1. The highest BCUT2D eigenvalue weighted by Crippen LogP contribution is 2.28. The smallest absolute Gasteiger partial charge is 0.321 e. The van der Waals surface area contributed by atoms with Crippen LogP contribution in [0.3, 0.4) is 0 Å². The summed E-state index contributed by atoms with van der Waals surface area (Å²) in [5.74, 6) is 0. The van der Waals surface area contributed by atoms with Crippen LogP contribution in [0.1, 0.15) is 13.8 Å². The van der Waals surface area contributed by atoms with Gasteiger partial charge < -0.3 is 10.1 Å². The van der Waals surface area contributed by atoms with Gasteiger partial charge in [-0.3, -0.25) is 5.32 Å². The van der Waals surface area contributed by atoms with Crippen LogP contribution in [0.15, 0.2) is 4.34 Å². The molecule has 17 heavy (non-hydrogen) atoms. The van der Waals surface area contributed by atoms with E-state index in [-0.39, 0.29) is 6.03 Å².